The molecule has 5 heteroatoms. The van der Waals surface area contributed by atoms with Gasteiger partial charge in [-0.2, -0.15) is 0 Å². The highest BCUT2D eigenvalue weighted by Crippen LogP contribution is 2.13. The van der Waals surface area contributed by atoms with Crippen molar-refractivity contribution in [2.75, 3.05) is 13.7 Å². The quantitative estimate of drug-likeness (QED) is 0.493. The van der Waals surface area contributed by atoms with Crippen LogP contribution in [0.1, 0.15) is 20.8 Å². The number of ether oxygens (including phenoxy) is 2. The molecule has 0 aromatic heterocycles. The number of aliphatic hydroxyl groups is 1. The van der Waals surface area contributed by atoms with Crippen molar-refractivity contribution in [3.05, 3.63) is 0 Å². The maximum absolute atomic E-state index is 11.4. The minimum atomic E-state index is -0.838. The molecule has 5 nitrogen and oxygen atoms in total. The van der Waals surface area contributed by atoms with Crippen LogP contribution < -0.4 is 5.73 Å². The molecular weight excluding hydrogens is 186 g/mol. The Bertz CT molecular complexity index is 188. The van der Waals surface area contributed by atoms with Gasteiger partial charge in [-0.05, 0) is 20.8 Å². The van der Waals surface area contributed by atoms with Gasteiger partial charge in [0, 0.05) is 7.11 Å². The van der Waals surface area contributed by atoms with Gasteiger partial charge in [0.15, 0.2) is 0 Å². The lowest BCUT2D eigenvalue weighted by atomic mass is 10.1. The second kappa shape index (κ2) is 5.29. The van der Waals surface area contributed by atoms with Gasteiger partial charge in [-0.15, -0.1) is 0 Å². The van der Waals surface area contributed by atoms with Crippen molar-refractivity contribution in [3.8, 4) is 0 Å². The molecule has 0 spiro atoms. The van der Waals surface area contributed by atoms with Crippen LogP contribution in [0.5, 0.6) is 0 Å². The third-order valence-electron chi connectivity index (χ3n) is 1.57. The first-order valence-electron chi connectivity index (χ1n) is 4.44. The molecule has 0 aliphatic carbocycles. The number of hydrogen-bond donors (Lipinski definition) is 2. The molecule has 0 fully saturated rings. The maximum Gasteiger partial charge on any atom is 0.315 e. The lowest BCUT2D eigenvalue weighted by Crippen LogP contribution is -2.42. The summed E-state index contributed by atoms with van der Waals surface area (Å²) in [5.41, 5.74) is 4.88. The van der Waals surface area contributed by atoms with Crippen LogP contribution in [0.15, 0.2) is 0 Å². The minimum absolute atomic E-state index is 0.385. The fourth-order valence-electron chi connectivity index (χ4n) is 0.854. The minimum Gasteiger partial charge on any atom is -0.460 e. The van der Waals surface area contributed by atoms with Crippen LogP contribution in [0.4, 0.5) is 0 Å². The van der Waals surface area contributed by atoms with Crippen molar-refractivity contribution in [2.45, 2.75) is 32.6 Å². The van der Waals surface area contributed by atoms with Crippen molar-refractivity contribution in [2.24, 2.45) is 11.7 Å². The van der Waals surface area contributed by atoms with Crippen LogP contribution in [0, 0.1) is 5.92 Å². The molecule has 0 saturated heterocycles. The molecule has 2 unspecified atom stereocenters. The fourth-order valence-corrected chi connectivity index (χ4v) is 0.854. The van der Waals surface area contributed by atoms with Crippen molar-refractivity contribution >= 4 is 5.97 Å². The Balaban J connectivity index is 4.33. The highest BCUT2D eigenvalue weighted by Gasteiger charge is 2.29. The third-order valence-corrected chi connectivity index (χ3v) is 1.57. The van der Waals surface area contributed by atoms with Gasteiger partial charge in [0.1, 0.15) is 17.7 Å². The summed E-state index contributed by atoms with van der Waals surface area (Å²) < 4.78 is 9.81. The van der Waals surface area contributed by atoms with Gasteiger partial charge in [0.05, 0.1) is 6.61 Å². The Morgan fingerprint density at radius 3 is 2.29 bits per heavy atom. The number of nitrogens with two attached hydrogens (primary N) is 1. The number of rotatable bonds is 4. The first kappa shape index (κ1) is 13.4. The van der Waals surface area contributed by atoms with E-state index in [0.717, 1.165) is 0 Å². The predicted molar refractivity (Wildman–Crippen MR) is 51.4 cm³/mol. The molecule has 3 N–H and O–H groups in total. The molecule has 0 amide bonds. The number of methoxy groups -OCH3 is 1. The maximum atomic E-state index is 11.4. The van der Waals surface area contributed by atoms with E-state index in [2.05, 4.69) is 0 Å². The Morgan fingerprint density at radius 1 is 1.50 bits per heavy atom. The van der Waals surface area contributed by atoms with Gasteiger partial charge in [-0.3, -0.25) is 4.79 Å². The van der Waals surface area contributed by atoms with E-state index in [0.29, 0.717) is 0 Å². The van der Waals surface area contributed by atoms with E-state index < -0.39 is 23.7 Å². The summed E-state index contributed by atoms with van der Waals surface area (Å²) in [4.78, 5) is 11.4. The van der Waals surface area contributed by atoms with Crippen molar-refractivity contribution in [3.63, 3.8) is 0 Å². The van der Waals surface area contributed by atoms with Crippen molar-refractivity contribution in [1.82, 2.24) is 0 Å². The molecule has 2 atom stereocenters. The summed E-state index contributed by atoms with van der Waals surface area (Å²) >= 11 is 0. The van der Waals surface area contributed by atoms with Crippen molar-refractivity contribution < 1.29 is 19.4 Å². The fraction of sp³-hybridized carbons (Fsp3) is 0.889. The van der Waals surface area contributed by atoms with Gasteiger partial charge in [-0.1, -0.05) is 0 Å². The lowest BCUT2D eigenvalue weighted by molar-refractivity contribution is -0.166. The molecule has 0 heterocycles. The lowest BCUT2D eigenvalue weighted by Gasteiger charge is -2.25. The second-order valence-electron chi connectivity index (χ2n) is 4.02. The van der Waals surface area contributed by atoms with Crippen molar-refractivity contribution in [1.29, 1.82) is 0 Å². The highest BCUT2D eigenvalue weighted by molar-refractivity contribution is 5.73. The molecule has 0 bridgehead atoms. The molecule has 0 rings (SSSR count). The normalized spacial score (nSPS) is 16.1. The van der Waals surface area contributed by atoms with Crippen LogP contribution in [-0.4, -0.2) is 36.6 Å². The first-order chi connectivity index (χ1) is 6.31. The van der Waals surface area contributed by atoms with E-state index in [4.69, 9.17) is 20.3 Å². The van der Waals surface area contributed by atoms with Crippen LogP contribution in [0.2, 0.25) is 0 Å². The molecule has 14 heavy (non-hydrogen) atoms. The molecule has 0 saturated carbocycles. The Hall–Kier alpha value is -0.650. The predicted octanol–water partition coefficient (Wildman–Crippen LogP) is -0.132. The van der Waals surface area contributed by atoms with Gasteiger partial charge in [0.2, 0.25) is 0 Å². The molecule has 0 aromatic carbocycles. The second-order valence-corrected chi connectivity index (χ2v) is 4.02. The van der Waals surface area contributed by atoms with E-state index in [1.165, 1.54) is 7.11 Å². The SMILES string of the molecule is COC(N)C(CO)C(=O)OC(C)(C)C. The monoisotopic (exact) mass is 205 g/mol. The Labute approximate surface area is 84.2 Å². The third kappa shape index (κ3) is 4.55. The highest BCUT2D eigenvalue weighted by atomic mass is 16.6. The summed E-state index contributed by atoms with van der Waals surface area (Å²) in [5.74, 6) is -1.38. The molecule has 0 radical (unpaired) electrons. The van der Waals surface area contributed by atoms with E-state index in [9.17, 15) is 4.79 Å². The molecule has 84 valence electrons. The van der Waals surface area contributed by atoms with E-state index in [-0.39, 0.29) is 6.61 Å². The molecule has 0 aromatic rings. The van der Waals surface area contributed by atoms with Crippen LogP contribution in [0.25, 0.3) is 0 Å². The number of hydrogen-bond acceptors (Lipinski definition) is 5. The zero-order valence-electron chi connectivity index (χ0n) is 9.11. The smallest absolute Gasteiger partial charge is 0.315 e. The van der Waals surface area contributed by atoms with E-state index in [1.54, 1.807) is 20.8 Å². The van der Waals surface area contributed by atoms with Gasteiger partial charge < -0.3 is 20.3 Å². The van der Waals surface area contributed by atoms with Gasteiger partial charge in [-0.25, -0.2) is 0 Å². The number of aliphatic hydroxyl groups excluding tert-OH is 1. The van der Waals surface area contributed by atoms with E-state index in [1.807, 2.05) is 0 Å². The number of esters is 1. The first-order valence-corrected chi connectivity index (χ1v) is 4.44. The summed E-state index contributed by atoms with van der Waals surface area (Å²) in [7, 11) is 1.37. The topological polar surface area (TPSA) is 81.8 Å². The summed E-state index contributed by atoms with van der Waals surface area (Å²) in [5, 5.41) is 8.93. The summed E-state index contributed by atoms with van der Waals surface area (Å²) in [6.45, 7) is 4.86. The summed E-state index contributed by atoms with van der Waals surface area (Å²) in [6, 6.07) is 0. The van der Waals surface area contributed by atoms with E-state index >= 15 is 0 Å². The van der Waals surface area contributed by atoms with Crippen LogP contribution in [0.3, 0.4) is 0 Å². The number of carbonyl (C=O) groups excluding carboxylic acids is 1. The van der Waals surface area contributed by atoms with Gasteiger partial charge >= 0.3 is 5.97 Å². The van der Waals surface area contributed by atoms with Crippen LogP contribution in [-0.2, 0) is 14.3 Å². The zero-order chi connectivity index (χ0) is 11.4. The standard InChI is InChI=1S/C9H19NO4/c1-9(2,3)14-8(12)6(5-11)7(10)13-4/h6-7,11H,5,10H2,1-4H3. The van der Waals surface area contributed by atoms with Gasteiger partial charge in [0.25, 0.3) is 0 Å². The largest absolute Gasteiger partial charge is 0.460 e. The molecular formula is C9H19NO4. The Kier molecular flexibility index (Phi) is 5.04. The Morgan fingerprint density at radius 2 is 2.00 bits per heavy atom. The van der Waals surface area contributed by atoms with Crippen LogP contribution >= 0.6 is 0 Å². The molecule has 0 aliphatic rings. The summed E-state index contributed by atoms with van der Waals surface area (Å²) in [6.07, 6.45) is -0.838. The zero-order valence-corrected chi connectivity index (χ0v) is 9.11. The molecule has 0 aliphatic heterocycles. The average molecular weight is 205 g/mol. The average Bonchev–Trinajstić information content (AvgIpc) is 2.01. The number of carbonyl (C=O) groups is 1.